The van der Waals surface area contributed by atoms with Gasteiger partial charge in [0.05, 0.1) is 5.69 Å². The largest absolute Gasteiger partial charge is 0.262 e. The van der Waals surface area contributed by atoms with Gasteiger partial charge in [-0.3, -0.25) is 4.99 Å². The second kappa shape index (κ2) is 4.70. The van der Waals surface area contributed by atoms with Gasteiger partial charge in [0, 0.05) is 6.21 Å². The molecule has 0 radical (unpaired) electrons. The van der Waals surface area contributed by atoms with Crippen molar-refractivity contribution < 1.29 is 0 Å². The Morgan fingerprint density at radius 3 is 2.42 bits per heavy atom. The minimum atomic E-state index is 1.04. The molecule has 1 aromatic rings. The quantitative estimate of drug-likeness (QED) is 0.603. The lowest BCUT2D eigenvalue weighted by atomic mass is 10.1. The first-order valence-corrected chi connectivity index (χ1v) is 4.44. The van der Waals surface area contributed by atoms with Crippen LogP contribution in [0.1, 0.15) is 25.8 Å². The Morgan fingerprint density at radius 2 is 1.92 bits per heavy atom. The Morgan fingerprint density at radius 1 is 1.25 bits per heavy atom. The molecule has 0 spiro atoms. The zero-order chi connectivity index (χ0) is 8.81. The molecule has 0 amide bonds. The Labute approximate surface area is 74.2 Å². The summed E-state index contributed by atoms with van der Waals surface area (Å²) in [6, 6.07) is 8.41. The molecule has 0 aromatic heterocycles. The first kappa shape index (κ1) is 8.98. The topological polar surface area (TPSA) is 12.4 Å². The van der Waals surface area contributed by atoms with Gasteiger partial charge in [-0.05, 0) is 31.0 Å². The van der Waals surface area contributed by atoms with E-state index in [4.69, 9.17) is 0 Å². The highest BCUT2D eigenvalue weighted by molar-refractivity contribution is 5.60. The average molecular weight is 161 g/mol. The molecule has 64 valence electrons. The van der Waals surface area contributed by atoms with Crippen molar-refractivity contribution in [2.75, 3.05) is 0 Å². The molecule has 12 heavy (non-hydrogen) atoms. The van der Waals surface area contributed by atoms with Crippen LogP contribution in [0, 0.1) is 0 Å². The highest BCUT2D eigenvalue weighted by Gasteiger charge is 1.90. The van der Waals surface area contributed by atoms with Crippen molar-refractivity contribution in [3.8, 4) is 0 Å². The molecule has 0 fully saturated rings. The van der Waals surface area contributed by atoms with Gasteiger partial charge < -0.3 is 0 Å². The van der Waals surface area contributed by atoms with Crippen LogP contribution >= 0.6 is 0 Å². The minimum Gasteiger partial charge on any atom is -0.262 e. The molecule has 0 unspecified atom stereocenters. The van der Waals surface area contributed by atoms with Crippen molar-refractivity contribution >= 4 is 11.9 Å². The monoisotopic (exact) mass is 161 g/mol. The van der Waals surface area contributed by atoms with E-state index in [0.717, 1.165) is 12.1 Å². The van der Waals surface area contributed by atoms with Crippen LogP contribution in [0.3, 0.4) is 0 Å². The fraction of sp³-hybridized carbons (Fsp3) is 0.364. The van der Waals surface area contributed by atoms with Crippen LogP contribution in [-0.2, 0) is 6.42 Å². The van der Waals surface area contributed by atoms with Crippen LogP contribution in [0.2, 0.25) is 0 Å². The normalized spacial score (nSPS) is 10.8. The van der Waals surface area contributed by atoms with E-state index in [9.17, 15) is 0 Å². The Hall–Kier alpha value is -1.11. The predicted molar refractivity (Wildman–Crippen MR) is 54.3 cm³/mol. The van der Waals surface area contributed by atoms with Crippen LogP contribution in [0.15, 0.2) is 29.3 Å². The van der Waals surface area contributed by atoms with E-state index in [1.807, 2.05) is 13.1 Å². The summed E-state index contributed by atoms with van der Waals surface area (Å²) in [6.45, 7) is 4.12. The molecule has 0 N–H and O–H groups in total. The van der Waals surface area contributed by atoms with Crippen LogP contribution in [-0.4, -0.2) is 6.21 Å². The van der Waals surface area contributed by atoms with E-state index in [0.29, 0.717) is 0 Å². The van der Waals surface area contributed by atoms with E-state index in [-0.39, 0.29) is 0 Å². The summed E-state index contributed by atoms with van der Waals surface area (Å²) in [5, 5.41) is 0. The molecule has 1 nitrogen and oxygen atoms in total. The first-order chi connectivity index (χ1) is 5.86. The molecule has 0 atom stereocenters. The lowest BCUT2D eigenvalue weighted by molar-refractivity contribution is 0.922. The second-order valence-electron chi connectivity index (χ2n) is 2.80. The summed E-state index contributed by atoms with van der Waals surface area (Å²) in [5.41, 5.74) is 2.44. The van der Waals surface area contributed by atoms with Gasteiger partial charge in [-0.1, -0.05) is 25.5 Å². The molecule has 0 aliphatic carbocycles. The van der Waals surface area contributed by atoms with Crippen molar-refractivity contribution in [1.82, 2.24) is 0 Å². The van der Waals surface area contributed by atoms with E-state index < -0.39 is 0 Å². The molecule has 1 rings (SSSR count). The van der Waals surface area contributed by atoms with Gasteiger partial charge in [-0.2, -0.15) is 0 Å². The SMILES string of the molecule is CC=Nc1ccc(CCC)cc1. The van der Waals surface area contributed by atoms with E-state index in [2.05, 4.69) is 36.2 Å². The standard InChI is InChI=1S/C11H15N/c1-3-5-10-6-8-11(9-7-10)12-4-2/h4,6-9H,3,5H2,1-2H3. The number of hydrogen-bond acceptors (Lipinski definition) is 1. The van der Waals surface area contributed by atoms with Crippen molar-refractivity contribution in [2.45, 2.75) is 26.7 Å². The summed E-state index contributed by atoms with van der Waals surface area (Å²) >= 11 is 0. The Kier molecular flexibility index (Phi) is 3.52. The molecule has 0 bridgehead atoms. The third-order valence-corrected chi connectivity index (χ3v) is 1.75. The maximum atomic E-state index is 4.18. The summed E-state index contributed by atoms with van der Waals surface area (Å²) < 4.78 is 0. The minimum absolute atomic E-state index is 1.04. The van der Waals surface area contributed by atoms with Gasteiger partial charge in [-0.25, -0.2) is 0 Å². The third kappa shape index (κ3) is 2.50. The summed E-state index contributed by atoms with van der Waals surface area (Å²) in [4.78, 5) is 4.18. The molecular formula is C11H15N. The van der Waals surface area contributed by atoms with Crippen LogP contribution in [0.4, 0.5) is 5.69 Å². The van der Waals surface area contributed by atoms with Gasteiger partial charge in [0.15, 0.2) is 0 Å². The average Bonchev–Trinajstić information content (AvgIpc) is 2.09. The number of aryl methyl sites for hydroxylation is 1. The highest BCUT2D eigenvalue weighted by atomic mass is 14.7. The molecule has 1 aromatic carbocycles. The van der Waals surface area contributed by atoms with Crippen molar-refractivity contribution in [2.24, 2.45) is 4.99 Å². The van der Waals surface area contributed by atoms with Gasteiger partial charge in [0.25, 0.3) is 0 Å². The zero-order valence-corrected chi connectivity index (χ0v) is 7.75. The fourth-order valence-corrected chi connectivity index (χ4v) is 1.19. The van der Waals surface area contributed by atoms with Crippen LogP contribution < -0.4 is 0 Å². The number of hydrogen-bond donors (Lipinski definition) is 0. The smallest absolute Gasteiger partial charge is 0.0625 e. The van der Waals surface area contributed by atoms with Crippen LogP contribution in [0.5, 0.6) is 0 Å². The van der Waals surface area contributed by atoms with Crippen molar-refractivity contribution in [3.05, 3.63) is 29.8 Å². The van der Waals surface area contributed by atoms with Crippen molar-refractivity contribution in [1.29, 1.82) is 0 Å². The number of nitrogens with zero attached hydrogens (tertiary/aromatic N) is 1. The Balaban J connectivity index is 2.71. The highest BCUT2D eigenvalue weighted by Crippen LogP contribution is 2.13. The van der Waals surface area contributed by atoms with Gasteiger partial charge in [0.1, 0.15) is 0 Å². The van der Waals surface area contributed by atoms with E-state index >= 15 is 0 Å². The van der Waals surface area contributed by atoms with E-state index in [1.54, 1.807) is 0 Å². The summed E-state index contributed by atoms with van der Waals surface area (Å²) in [7, 11) is 0. The molecule has 1 heteroatoms. The number of rotatable bonds is 3. The third-order valence-electron chi connectivity index (χ3n) is 1.75. The maximum absolute atomic E-state index is 4.18. The van der Waals surface area contributed by atoms with Crippen molar-refractivity contribution in [3.63, 3.8) is 0 Å². The molecule has 0 aliphatic rings. The summed E-state index contributed by atoms with van der Waals surface area (Å²) in [6.07, 6.45) is 4.18. The molecule has 0 heterocycles. The number of aliphatic imine (C=N–C) groups is 1. The van der Waals surface area contributed by atoms with E-state index in [1.165, 1.54) is 12.0 Å². The zero-order valence-electron chi connectivity index (χ0n) is 7.75. The second-order valence-corrected chi connectivity index (χ2v) is 2.80. The predicted octanol–water partition coefficient (Wildman–Crippen LogP) is 3.36. The van der Waals surface area contributed by atoms with Gasteiger partial charge in [0.2, 0.25) is 0 Å². The molecule has 0 saturated heterocycles. The molecule has 0 saturated carbocycles. The summed E-state index contributed by atoms with van der Waals surface area (Å²) in [5.74, 6) is 0. The Bertz CT molecular complexity index is 246. The lowest BCUT2D eigenvalue weighted by Gasteiger charge is -1.97. The maximum Gasteiger partial charge on any atom is 0.0625 e. The van der Waals surface area contributed by atoms with Gasteiger partial charge >= 0.3 is 0 Å². The first-order valence-electron chi connectivity index (χ1n) is 4.44. The fourth-order valence-electron chi connectivity index (χ4n) is 1.19. The number of benzene rings is 1. The molecular weight excluding hydrogens is 146 g/mol. The van der Waals surface area contributed by atoms with Crippen LogP contribution in [0.25, 0.3) is 0 Å². The lowest BCUT2D eigenvalue weighted by Crippen LogP contribution is -1.80. The van der Waals surface area contributed by atoms with Gasteiger partial charge in [-0.15, -0.1) is 0 Å². The molecule has 0 aliphatic heterocycles.